The van der Waals surface area contributed by atoms with Gasteiger partial charge in [0.2, 0.25) is 0 Å². The second kappa shape index (κ2) is 4.96. The molecule has 0 aliphatic carbocycles. The summed E-state index contributed by atoms with van der Waals surface area (Å²) in [7, 11) is 2.21. The van der Waals surface area contributed by atoms with Crippen molar-refractivity contribution >= 4 is 33.3 Å². The predicted octanol–water partition coefficient (Wildman–Crippen LogP) is 3.48. The van der Waals surface area contributed by atoms with E-state index >= 15 is 0 Å². The Morgan fingerprint density at radius 2 is 2.06 bits per heavy atom. The number of para-hydroxylation sites is 1. The van der Waals surface area contributed by atoms with Crippen molar-refractivity contribution in [2.75, 3.05) is 20.1 Å². The maximum atomic E-state index is 4.69. The number of benzene rings is 1. The summed E-state index contributed by atoms with van der Waals surface area (Å²) in [5.41, 5.74) is 1.15. The minimum absolute atomic E-state index is 0.756. The second-order valence-electron chi connectivity index (χ2n) is 4.57. The number of rotatable bonds is 2. The Morgan fingerprint density at radius 3 is 2.82 bits per heavy atom. The van der Waals surface area contributed by atoms with Gasteiger partial charge in [0.1, 0.15) is 0 Å². The highest BCUT2D eigenvalue weighted by Gasteiger charge is 2.19. The lowest BCUT2D eigenvalue weighted by Crippen LogP contribution is -2.31. The van der Waals surface area contributed by atoms with Gasteiger partial charge in [0, 0.05) is 5.25 Å². The molecule has 90 valence electrons. The molecule has 3 rings (SSSR count). The summed E-state index contributed by atoms with van der Waals surface area (Å²) in [5, 5.41) is 0.756. The van der Waals surface area contributed by atoms with E-state index in [0.29, 0.717) is 0 Å². The molecular formula is C13H16N2S2. The van der Waals surface area contributed by atoms with Crippen LogP contribution in [-0.2, 0) is 0 Å². The number of thiazole rings is 1. The molecule has 0 N–H and O–H groups in total. The van der Waals surface area contributed by atoms with Gasteiger partial charge in [-0.1, -0.05) is 23.9 Å². The third-order valence-electron chi connectivity index (χ3n) is 3.21. The molecule has 1 aliphatic heterocycles. The highest BCUT2D eigenvalue weighted by molar-refractivity contribution is 8.01. The SMILES string of the molecule is CN1CCC(Sc2nc3ccccc3s2)CC1. The van der Waals surface area contributed by atoms with Crippen molar-refractivity contribution in [2.24, 2.45) is 0 Å². The molecule has 1 aliphatic rings. The van der Waals surface area contributed by atoms with Gasteiger partial charge in [-0.25, -0.2) is 4.98 Å². The quantitative estimate of drug-likeness (QED) is 0.826. The Bertz CT molecular complexity index is 468. The molecule has 1 fully saturated rings. The number of piperidine rings is 1. The van der Waals surface area contributed by atoms with Crippen molar-refractivity contribution < 1.29 is 0 Å². The van der Waals surface area contributed by atoms with E-state index in [2.05, 4.69) is 36.2 Å². The zero-order chi connectivity index (χ0) is 11.7. The van der Waals surface area contributed by atoms with Crippen LogP contribution < -0.4 is 0 Å². The van der Waals surface area contributed by atoms with Crippen LogP contribution in [0.1, 0.15) is 12.8 Å². The molecule has 0 atom stereocenters. The Hall–Kier alpha value is -0.580. The minimum atomic E-state index is 0.756. The molecule has 2 nitrogen and oxygen atoms in total. The lowest BCUT2D eigenvalue weighted by molar-refractivity contribution is 0.282. The van der Waals surface area contributed by atoms with E-state index in [-0.39, 0.29) is 0 Å². The zero-order valence-electron chi connectivity index (χ0n) is 9.93. The maximum Gasteiger partial charge on any atom is 0.151 e. The molecule has 0 unspecified atom stereocenters. The molecule has 4 heteroatoms. The Morgan fingerprint density at radius 1 is 1.29 bits per heavy atom. The number of nitrogens with zero attached hydrogens (tertiary/aromatic N) is 2. The van der Waals surface area contributed by atoms with Gasteiger partial charge < -0.3 is 4.90 Å². The van der Waals surface area contributed by atoms with Gasteiger partial charge in [-0.15, -0.1) is 11.3 Å². The zero-order valence-corrected chi connectivity index (χ0v) is 11.6. The van der Waals surface area contributed by atoms with Crippen LogP contribution in [0.25, 0.3) is 10.2 Å². The molecule has 0 spiro atoms. The summed E-state index contributed by atoms with van der Waals surface area (Å²) in [6.45, 7) is 2.45. The molecule has 0 radical (unpaired) electrons. The molecule has 1 saturated heterocycles. The Balaban J connectivity index is 1.72. The fraction of sp³-hybridized carbons (Fsp3) is 0.462. The van der Waals surface area contributed by atoms with Gasteiger partial charge in [0.25, 0.3) is 0 Å². The average Bonchev–Trinajstić information content (AvgIpc) is 2.74. The van der Waals surface area contributed by atoms with Gasteiger partial charge >= 0.3 is 0 Å². The van der Waals surface area contributed by atoms with E-state index in [1.807, 2.05) is 23.1 Å². The van der Waals surface area contributed by atoms with E-state index in [1.54, 1.807) is 0 Å². The van der Waals surface area contributed by atoms with Crippen molar-refractivity contribution in [3.63, 3.8) is 0 Å². The summed E-state index contributed by atoms with van der Waals surface area (Å²) in [5.74, 6) is 0. The molecule has 1 aromatic heterocycles. The first-order chi connectivity index (χ1) is 8.31. The number of aromatic nitrogens is 1. The maximum absolute atomic E-state index is 4.69. The number of hydrogen-bond donors (Lipinski definition) is 0. The van der Waals surface area contributed by atoms with E-state index in [9.17, 15) is 0 Å². The van der Waals surface area contributed by atoms with E-state index in [0.717, 1.165) is 10.8 Å². The van der Waals surface area contributed by atoms with Crippen molar-refractivity contribution in [1.82, 2.24) is 9.88 Å². The van der Waals surface area contributed by atoms with Gasteiger partial charge in [-0.3, -0.25) is 0 Å². The topological polar surface area (TPSA) is 16.1 Å². The van der Waals surface area contributed by atoms with Crippen LogP contribution in [0.15, 0.2) is 28.6 Å². The number of likely N-dealkylation sites (tertiary alicyclic amines) is 1. The van der Waals surface area contributed by atoms with Gasteiger partial charge in [0.15, 0.2) is 4.34 Å². The first kappa shape index (κ1) is 11.5. The number of thioether (sulfide) groups is 1. The van der Waals surface area contributed by atoms with Crippen LogP contribution in [0, 0.1) is 0 Å². The van der Waals surface area contributed by atoms with Gasteiger partial charge in [0.05, 0.1) is 10.2 Å². The van der Waals surface area contributed by atoms with Crippen LogP contribution in [0.4, 0.5) is 0 Å². The molecule has 17 heavy (non-hydrogen) atoms. The molecule has 2 heterocycles. The largest absolute Gasteiger partial charge is 0.306 e. The summed E-state index contributed by atoms with van der Waals surface area (Å²) < 4.78 is 2.55. The predicted molar refractivity (Wildman–Crippen MR) is 76.0 cm³/mol. The van der Waals surface area contributed by atoms with Crippen molar-refractivity contribution in [2.45, 2.75) is 22.4 Å². The Labute approximate surface area is 110 Å². The molecule has 0 amide bonds. The van der Waals surface area contributed by atoms with Gasteiger partial charge in [-0.05, 0) is 45.1 Å². The van der Waals surface area contributed by atoms with Crippen LogP contribution in [-0.4, -0.2) is 35.3 Å². The highest BCUT2D eigenvalue weighted by atomic mass is 32.2. The standard InChI is InChI=1S/C13H16N2S2/c1-15-8-6-10(7-9-15)16-13-14-11-4-2-3-5-12(11)17-13/h2-5,10H,6-9H2,1H3. The first-order valence-corrected chi connectivity index (χ1v) is 7.71. The van der Waals surface area contributed by atoms with Crippen molar-refractivity contribution in [3.05, 3.63) is 24.3 Å². The van der Waals surface area contributed by atoms with Crippen molar-refractivity contribution in [3.8, 4) is 0 Å². The molecule has 1 aromatic carbocycles. The van der Waals surface area contributed by atoms with E-state index in [1.165, 1.54) is 35.0 Å². The Kier molecular flexibility index (Phi) is 3.36. The molecule has 2 aromatic rings. The summed E-state index contributed by atoms with van der Waals surface area (Å²) in [4.78, 5) is 7.11. The summed E-state index contributed by atoms with van der Waals surface area (Å²) in [6, 6.07) is 8.41. The van der Waals surface area contributed by atoms with Gasteiger partial charge in [-0.2, -0.15) is 0 Å². The van der Waals surface area contributed by atoms with Crippen LogP contribution in [0.5, 0.6) is 0 Å². The number of hydrogen-bond acceptors (Lipinski definition) is 4. The van der Waals surface area contributed by atoms with Crippen LogP contribution >= 0.6 is 23.1 Å². The fourth-order valence-electron chi connectivity index (χ4n) is 2.15. The summed E-state index contributed by atoms with van der Waals surface area (Å²) in [6.07, 6.45) is 2.58. The lowest BCUT2D eigenvalue weighted by atomic mass is 10.1. The molecule has 0 saturated carbocycles. The highest BCUT2D eigenvalue weighted by Crippen LogP contribution is 2.35. The number of fused-ring (bicyclic) bond motifs is 1. The monoisotopic (exact) mass is 264 g/mol. The lowest BCUT2D eigenvalue weighted by Gasteiger charge is -2.27. The third kappa shape index (κ3) is 2.64. The third-order valence-corrected chi connectivity index (χ3v) is 5.67. The first-order valence-electron chi connectivity index (χ1n) is 6.02. The summed E-state index contributed by atoms with van der Waals surface area (Å²) >= 11 is 3.80. The molecular weight excluding hydrogens is 248 g/mol. The normalized spacial score (nSPS) is 18.9. The van der Waals surface area contributed by atoms with E-state index in [4.69, 9.17) is 4.98 Å². The smallest absolute Gasteiger partial charge is 0.151 e. The molecule has 0 bridgehead atoms. The minimum Gasteiger partial charge on any atom is -0.306 e. The second-order valence-corrected chi connectivity index (χ2v) is 7.15. The van der Waals surface area contributed by atoms with E-state index < -0.39 is 0 Å². The fourth-order valence-corrected chi connectivity index (χ4v) is 4.60. The van der Waals surface area contributed by atoms with Crippen molar-refractivity contribution in [1.29, 1.82) is 0 Å². The average molecular weight is 264 g/mol. The van der Waals surface area contributed by atoms with Crippen LogP contribution in [0.2, 0.25) is 0 Å². The van der Waals surface area contributed by atoms with Crippen LogP contribution in [0.3, 0.4) is 0 Å².